The molecule has 0 aromatic heterocycles. The standard InChI is InChI=1S/C20H22N2O.ClH/c21-13-15-7-9-16(10-8-15)19(23)22-14-20(11-3-4-12-20)17-5-1-2-6-18(17)22;/h1-2,5-10H,3-4,11-14,21H2;1H. The lowest BCUT2D eigenvalue weighted by molar-refractivity contribution is 0.0985. The highest BCUT2D eigenvalue weighted by atomic mass is 35.5. The van der Waals surface area contributed by atoms with Crippen molar-refractivity contribution in [3.05, 3.63) is 65.2 Å². The number of hydrogen-bond acceptors (Lipinski definition) is 2. The first-order valence-electron chi connectivity index (χ1n) is 8.44. The molecule has 4 rings (SSSR count). The van der Waals surface area contributed by atoms with Crippen LogP contribution in [0.3, 0.4) is 0 Å². The second-order valence-electron chi connectivity index (χ2n) is 6.80. The molecule has 4 heteroatoms. The Hall–Kier alpha value is -1.84. The number of amides is 1. The van der Waals surface area contributed by atoms with Gasteiger partial charge in [-0.25, -0.2) is 0 Å². The molecule has 1 fully saturated rings. The van der Waals surface area contributed by atoms with E-state index in [1.54, 1.807) is 0 Å². The molecule has 2 aliphatic rings. The van der Waals surface area contributed by atoms with Crippen LogP contribution in [0, 0.1) is 0 Å². The quantitative estimate of drug-likeness (QED) is 0.895. The van der Waals surface area contributed by atoms with Crippen LogP contribution in [0.2, 0.25) is 0 Å². The number of hydrogen-bond donors (Lipinski definition) is 1. The van der Waals surface area contributed by atoms with Crippen LogP contribution in [0.15, 0.2) is 48.5 Å². The molecule has 1 aliphatic carbocycles. The Morgan fingerprint density at radius 2 is 1.71 bits per heavy atom. The molecular formula is C20H23ClN2O. The molecular weight excluding hydrogens is 320 g/mol. The zero-order valence-electron chi connectivity index (χ0n) is 13.7. The Morgan fingerprint density at radius 3 is 2.38 bits per heavy atom. The van der Waals surface area contributed by atoms with E-state index in [9.17, 15) is 4.79 Å². The molecule has 1 aliphatic heterocycles. The summed E-state index contributed by atoms with van der Waals surface area (Å²) in [7, 11) is 0. The van der Waals surface area contributed by atoms with Gasteiger partial charge in [0.2, 0.25) is 0 Å². The van der Waals surface area contributed by atoms with Crippen molar-refractivity contribution in [2.45, 2.75) is 37.6 Å². The van der Waals surface area contributed by atoms with Crippen molar-refractivity contribution in [1.29, 1.82) is 0 Å². The van der Waals surface area contributed by atoms with Crippen LogP contribution in [0.4, 0.5) is 5.69 Å². The molecule has 1 amide bonds. The van der Waals surface area contributed by atoms with Gasteiger partial charge in [0.05, 0.1) is 0 Å². The van der Waals surface area contributed by atoms with E-state index in [1.807, 2.05) is 35.2 Å². The minimum Gasteiger partial charge on any atom is -0.326 e. The Balaban J connectivity index is 0.00000169. The average molecular weight is 343 g/mol. The molecule has 0 saturated heterocycles. The van der Waals surface area contributed by atoms with Crippen LogP contribution in [-0.4, -0.2) is 12.5 Å². The average Bonchev–Trinajstić information content (AvgIpc) is 3.21. The van der Waals surface area contributed by atoms with Gasteiger partial charge in [-0.15, -0.1) is 12.4 Å². The third-order valence-corrected chi connectivity index (χ3v) is 5.47. The second-order valence-corrected chi connectivity index (χ2v) is 6.80. The highest BCUT2D eigenvalue weighted by Gasteiger charge is 2.46. The summed E-state index contributed by atoms with van der Waals surface area (Å²) in [6.45, 7) is 1.33. The summed E-state index contributed by atoms with van der Waals surface area (Å²) in [5, 5.41) is 0. The summed E-state index contributed by atoms with van der Waals surface area (Å²) in [6, 6.07) is 16.1. The van der Waals surface area contributed by atoms with Crippen LogP contribution in [0.1, 0.15) is 47.2 Å². The lowest BCUT2D eigenvalue weighted by Crippen LogP contribution is -2.35. The van der Waals surface area contributed by atoms with Gasteiger partial charge < -0.3 is 10.6 Å². The normalized spacial score (nSPS) is 17.6. The molecule has 0 atom stereocenters. The number of nitrogens with two attached hydrogens (primary N) is 1. The minimum atomic E-state index is 0. The van der Waals surface area contributed by atoms with E-state index in [0.717, 1.165) is 23.4 Å². The summed E-state index contributed by atoms with van der Waals surface area (Å²) >= 11 is 0. The van der Waals surface area contributed by atoms with E-state index in [1.165, 1.54) is 31.2 Å². The maximum atomic E-state index is 13.0. The first-order chi connectivity index (χ1) is 11.2. The first kappa shape index (κ1) is 17.0. The highest BCUT2D eigenvalue weighted by Crippen LogP contribution is 2.50. The number of carbonyl (C=O) groups excluding carboxylic acids is 1. The summed E-state index contributed by atoms with van der Waals surface area (Å²) in [6.07, 6.45) is 4.92. The van der Waals surface area contributed by atoms with Crippen LogP contribution in [-0.2, 0) is 12.0 Å². The minimum absolute atomic E-state index is 0. The van der Waals surface area contributed by atoms with Crippen LogP contribution in [0.25, 0.3) is 0 Å². The zero-order valence-corrected chi connectivity index (χ0v) is 14.5. The number of fused-ring (bicyclic) bond motifs is 2. The molecule has 2 N–H and O–H groups in total. The third-order valence-electron chi connectivity index (χ3n) is 5.47. The molecule has 0 radical (unpaired) electrons. The van der Waals surface area contributed by atoms with Crippen LogP contribution >= 0.6 is 12.4 Å². The fourth-order valence-electron chi connectivity index (χ4n) is 4.23. The molecule has 2 aromatic carbocycles. The van der Waals surface area contributed by atoms with E-state index in [0.29, 0.717) is 6.54 Å². The summed E-state index contributed by atoms with van der Waals surface area (Å²) in [5.41, 5.74) is 10.1. The molecule has 126 valence electrons. The van der Waals surface area contributed by atoms with Crippen molar-refractivity contribution in [1.82, 2.24) is 0 Å². The second kappa shape index (κ2) is 6.58. The maximum Gasteiger partial charge on any atom is 0.258 e. The SMILES string of the molecule is Cl.NCc1ccc(C(=O)N2CC3(CCCC3)c3ccccc32)cc1. The van der Waals surface area contributed by atoms with Crippen molar-refractivity contribution < 1.29 is 4.79 Å². The van der Waals surface area contributed by atoms with E-state index in [-0.39, 0.29) is 23.7 Å². The van der Waals surface area contributed by atoms with Gasteiger partial charge in [-0.3, -0.25) is 4.79 Å². The number of para-hydroxylation sites is 1. The van der Waals surface area contributed by atoms with E-state index in [2.05, 4.69) is 18.2 Å². The molecule has 24 heavy (non-hydrogen) atoms. The monoisotopic (exact) mass is 342 g/mol. The van der Waals surface area contributed by atoms with Crippen molar-refractivity contribution in [3.8, 4) is 0 Å². The summed E-state index contributed by atoms with van der Waals surface area (Å²) in [4.78, 5) is 15.0. The molecule has 3 nitrogen and oxygen atoms in total. The van der Waals surface area contributed by atoms with Crippen LogP contribution < -0.4 is 10.6 Å². The third kappa shape index (κ3) is 2.62. The lowest BCUT2D eigenvalue weighted by Gasteiger charge is -2.24. The van der Waals surface area contributed by atoms with Crippen molar-refractivity contribution in [3.63, 3.8) is 0 Å². The molecule has 0 bridgehead atoms. The largest absolute Gasteiger partial charge is 0.326 e. The van der Waals surface area contributed by atoms with Gasteiger partial charge in [0, 0.05) is 29.8 Å². The lowest BCUT2D eigenvalue weighted by atomic mass is 9.81. The Bertz CT molecular complexity index is 736. The smallest absolute Gasteiger partial charge is 0.258 e. The van der Waals surface area contributed by atoms with E-state index >= 15 is 0 Å². The van der Waals surface area contributed by atoms with E-state index < -0.39 is 0 Å². The van der Waals surface area contributed by atoms with Gasteiger partial charge in [-0.2, -0.15) is 0 Å². The molecule has 1 saturated carbocycles. The summed E-state index contributed by atoms with van der Waals surface area (Å²) in [5.74, 6) is 0.102. The van der Waals surface area contributed by atoms with Gasteiger partial charge in [0.1, 0.15) is 0 Å². The Kier molecular flexibility index (Phi) is 4.66. The van der Waals surface area contributed by atoms with Crippen molar-refractivity contribution in [2.24, 2.45) is 5.73 Å². The summed E-state index contributed by atoms with van der Waals surface area (Å²) < 4.78 is 0. The zero-order chi connectivity index (χ0) is 15.9. The fourth-order valence-corrected chi connectivity index (χ4v) is 4.23. The fraction of sp³-hybridized carbons (Fsp3) is 0.350. The number of rotatable bonds is 2. The van der Waals surface area contributed by atoms with Gasteiger partial charge in [0.25, 0.3) is 5.91 Å². The number of benzene rings is 2. The van der Waals surface area contributed by atoms with Gasteiger partial charge in [-0.1, -0.05) is 43.2 Å². The van der Waals surface area contributed by atoms with Gasteiger partial charge in [0.15, 0.2) is 0 Å². The topological polar surface area (TPSA) is 46.3 Å². The number of anilines is 1. The van der Waals surface area contributed by atoms with Crippen molar-refractivity contribution in [2.75, 3.05) is 11.4 Å². The Labute approximate surface area is 149 Å². The molecule has 1 heterocycles. The number of halogens is 1. The highest BCUT2D eigenvalue weighted by molar-refractivity contribution is 6.07. The van der Waals surface area contributed by atoms with Crippen LogP contribution in [0.5, 0.6) is 0 Å². The molecule has 0 unspecified atom stereocenters. The maximum absolute atomic E-state index is 13.0. The van der Waals surface area contributed by atoms with E-state index in [4.69, 9.17) is 5.73 Å². The Morgan fingerprint density at radius 1 is 1.04 bits per heavy atom. The van der Waals surface area contributed by atoms with Crippen molar-refractivity contribution >= 4 is 24.0 Å². The molecule has 2 aromatic rings. The number of carbonyl (C=O) groups is 1. The number of nitrogens with zero attached hydrogens (tertiary/aromatic N) is 1. The van der Waals surface area contributed by atoms with Gasteiger partial charge in [-0.05, 0) is 42.2 Å². The van der Waals surface area contributed by atoms with Gasteiger partial charge >= 0.3 is 0 Å². The predicted octanol–water partition coefficient (Wildman–Crippen LogP) is 4.04. The molecule has 1 spiro atoms. The predicted molar refractivity (Wildman–Crippen MR) is 99.8 cm³/mol. The first-order valence-corrected chi connectivity index (χ1v) is 8.44.